The van der Waals surface area contributed by atoms with Gasteiger partial charge in [-0.15, -0.1) is 11.8 Å². The summed E-state index contributed by atoms with van der Waals surface area (Å²) in [6.45, 7) is 8.38. The minimum absolute atomic E-state index is 0.221. The van der Waals surface area contributed by atoms with Crippen LogP contribution in [0.25, 0.3) is 5.69 Å². The number of amides is 1. The zero-order valence-corrected chi connectivity index (χ0v) is 20.8. The second-order valence-electron chi connectivity index (χ2n) is 8.45. The van der Waals surface area contributed by atoms with Crippen LogP contribution in [0.1, 0.15) is 44.0 Å². The molecule has 4 aromatic rings. The van der Waals surface area contributed by atoms with Crippen LogP contribution in [0, 0.1) is 27.7 Å². The fourth-order valence-electron chi connectivity index (χ4n) is 4.01. The summed E-state index contributed by atoms with van der Waals surface area (Å²) in [6, 6.07) is 26.5. The van der Waals surface area contributed by atoms with Crippen LogP contribution in [0.15, 0.2) is 88.9 Å². The Balaban J connectivity index is 1.39. The van der Waals surface area contributed by atoms with Gasteiger partial charge in [-0.25, -0.2) is 5.43 Å². The Kier molecular flexibility index (Phi) is 7.33. The van der Waals surface area contributed by atoms with Crippen molar-refractivity contribution in [3.05, 3.63) is 118 Å². The molecule has 5 heteroatoms. The summed E-state index contributed by atoms with van der Waals surface area (Å²) in [4.78, 5) is 13.8. The van der Waals surface area contributed by atoms with E-state index in [1.54, 1.807) is 18.0 Å². The molecule has 0 atom stereocenters. The van der Waals surface area contributed by atoms with Crippen LogP contribution >= 0.6 is 11.8 Å². The first-order valence-electron chi connectivity index (χ1n) is 11.3. The SMILES string of the molecule is Cc1ccc(-n2c(C)cc(/C=N\NC(=O)c3ccc(CSc4ccccc4)cc3)c2C)c(C)c1. The second kappa shape index (κ2) is 10.6. The Morgan fingerprint density at radius 1 is 0.941 bits per heavy atom. The summed E-state index contributed by atoms with van der Waals surface area (Å²) in [7, 11) is 0. The van der Waals surface area contributed by atoms with Crippen LogP contribution in [0.4, 0.5) is 0 Å². The van der Waals surface area contributed by atoms with Crippen LogP contribution in [0.2, 0.25) is 0 Å². The molecule has 34 heavy (non-hydrogen) atoms. The predicted octanol–water partition coefficient (Wildman–Crippen LogP) is 6.77. The molecule has 0 saturated carbocycles. The molecular formula is C29H29N3OS. The minimum Gasteiger partial charge on any atom is -0.318 e. The van der Waals surface area contributed by atoms with Crippen LogP contribution in [-0.4, -0.2) is 16.7 Å². The highest BCUT2D eigenvalue weighted by atomic mass is 32.2. The number of hydrogen-bond donors (Lipinski definition) is 1. The van der Waals surface area contributed by atoms with E-state index in [9.17, 15) is 4.79 Å². The summed E-state index contributed by atoms with van der Waals surface area (Å²) in [5, 5.41) is 4.22. The van der Waals surface area contributed by atoms with Crippen LogP contribution < -0.4 is 5.43 Å². The molecular weight excluding hydrogens is 438 g/mol. The van der Waals surface area contributed by atoms with Gasteiger partial charge in [-0.3, -0.25) is 4.79 Å². The number of carbonyl (C=O) groups is 1. The fourth-order valence-corrected chi connectivity index (χ4v) is 4.88. The first-order valence-corrected chi connectivity index (χ1v) is 12.3. The molecule has 0 aliphatic heterocycles. The Morgan fingerprint density at radius 3 is 2.38 bits per heavy atom. The summed E-state index contributed by atoms with van der Waals surface area (Å²) in [5.41, 5.74) is 11.2. The Hall–Kier alpha value is -3.57. The molecule has 0 radical (unpaired) electrons. The number of benzene rings is 3. The van der Waals surface area contributed by atoms with Crippen molar-refractivity contribution in [3.63, 3.8) is 0 Å². The lowest BCUT2D eigenvalue weighted by Gasteiger charge is -2.13. The van der Waals surface area contributed by atoms with E-state index in [0.717, 1.165) is 28.4 Å². The number of aromatic nitrogens is 1. The molecule has 4 nitrogen and oxygen atoms in total. The van der Waals surface area contributed by atoms with Crippen molar-refractivity contribution in [1.29, 1.82) is 0 Å². The quantitative estimate of drug-likeness (QED) is 0.185. The van der Waals surface area contributed by atoms with Gasteiger partial charge in [0.25, 0.3) is 5.91 Å². The van der Waals surface area contributed by atoms with E-state index in [0.29, 0.717) is 5.56 Å². The van der Waals surface area contributed by atoms with Crippen LogP contribution in [0.5, 0.6) is 0 Å². The maximum absolute atomic E-state index is 12.5. The molecule has 1 heterocycles. The molecule has 0 fully saturated rings. The normalized spacial score (nSPS) is 11.2. The van der Waals surface area contributed by atoms with Gasteiger partial charge in [0, 0.05) is 38.9 Å². The number of carbonyl (C=O) groups excluding carboxylic acids is 1. The third-order valence-electron chi connectivity index (χ3n) is 5.80. The standard InChI is InChI=1S/C29H29N3OS/c1-20-10-15-28(21(2)16-20)32-22(3)17-26(23(32)4)18-30-31-29(33)25-13-11-24(12-14-25)19-34-27-8-6-5-7-9-27/h5-18H,19H2,1-4H3,(H,31,33)/b30-18-. The first kappa shape index (κ1) is 23.6. The molecule has 0 unspecified atom stereocenters. The lowest BCUT2D eigenvalue weighted by molar-refractivity contribution is 0.0955. The van der Waals surface area contributed by atoms with Gasteiger partial charge in [0.1, 0.15) is 0 Å². The summed E-state index contributed by atoms with van der Waals surface area (Å²) < 4.78 is 2.23. The monoisotopic (exact) mass is 467 g/mol. The van der Waals surface area contributed by atoms with Gasteiger partial charge in [-0.2, -0.15) is 5.10 Å². The Bertz CT molecular complexity index is 1320. The van der Waals surface area contributed by atoms with E-state index in [4.69, 9.17) is 0 Å². The molecule has 0 aliphatic rings. The largest absolute Gasteiger partial charge is 0.318 e. The molecule has 0 aliphatic carbocycles. The van der Waals surface area contributed by atoms with E-state index in [2.05, 4.69) is 79.2 Å². The number of rotatable bonds is 7. The van der Waals surface area contributed by atoms with Gasteiger partial charge in [-0.05, 0) is 75.2 Å². The lowest BCUT2D eigenvalue weighted by Crippen LogP contribution is -2.17. The molecule has 0 bridgehead atoms. The molecule has 1 aromatic heterocycles. The number of nitrogens with zero attached hydrogens (tertiary/aromatic N) is 2. The molecule has 1 N–H and O–H groups in total. The van der Waals surface area contributed by atoms with Crippen molar-refractivity contribution in [3.8, 4) is 5.69 Å². The summed E-state index contributed by atoms with van der Waals surface area (Å²) in [6.07, 6.45) is 1.71. The van der Waals surface area contributed by atoms with Crippen molar-refractivity contribution in [2.24, 2.45) is 5.10 Å². The van der Waals surface area contributed by atoms with Crippen molar-refractivity contribution in [2.75, 3.05) is 0 Å². The minimum atomic E-state index is -0.221. The number of aryl methyl sites for hydroxylation is 3. The van der Waals surface area contributed by atoms with E-state index < -0.39 is 0 Å². The number of hydrazone groups is 1. The zero-order valence-electron chi connectivity index (χ0n) is 20.0. The van der Waals surface area contributed by atoms with Gasteiger partial charge in [0.2, 0.25) is 0 Å². The summed E-state index contributed by atoms with van der Waals surface area (Å²) in [5.74, 6) is 0.641. The predicted molar refractivity (Wildman–Crippen MR) is 142 cm³/mol. The zero-order chi connectivity index (χ0) is 24.1. The van der Waals surface area contributed by atoms with Crippen molar-refractivity contribution < 1.29 is 4.79 Å². The van der Waals surface area contributed by atoms with Gasteiger partial charge in [-0.1, -0.05) is 48.0 Å². The Morgan fingerprint density at radius 2 is 1.68 bits per heavy atom. The smallest absolute Gasteiger partial charge is 0.271 e. The van der Waals surface area contributed by atoms with Gasteiger partial charge >= 0.3 is 0 Å². The van der Waals surface area contributed by atoms with E-state index >= 15 is 0 Å². The molecule has 3 aromatic carbocycles. The highest BCUT2D eigenvalue weighted by Crippen LogP contribution is 2.24. The number of nitrogens with one attached hydrogen (secondary N) is 1. The first-order chi connectivity index (χ1) is 16.4. The van der Waals surface area contributed by atoms with Gasteiger partial charge in [0.05, 0.1) is 6.21 Å². The maximum Gasteiger partial charge on any atom is 0.271 e. The van der Waals surface area contributed by atoms with E-state index in [1.165, 1.54) is 21.6 Å². The average Bonchev–Trinajstić information content (AvgIpc) is 3.11. The topological polar surface area (TPSA) is 46.4 Å². The Labute approximate surface area is 205 Å². The second-order valence-corrected chi connectivity index (χ2v) is 9.50. The average molecular weight is 468 g/mol. The third-order valence-corrected chi connectivity index (χ3v) is 6.88. The van der Waals surface area contributed by atoms with Crippen molar-refractivity contribution in [2.45, 2.75) is 38.3 Å². The lowest BCUT2D eigenvalue weighted by atomic mass is 10.1. The van der Waals surface area contributed by atoms with E-state index in [-0.39, 0.29) is 5.91 Å². The molecule has 172 valence electrons. The maximum atomic E-state index is 12.5. The number of hydrogen-bond acceptors (Lipinski definition) is 3. The van der Waals surface area contributed by atoms with Gasteiger partial charge in [0.15, 0.2) is 0 Å². The van der Waals surface area contributed by atoms with Crippen molar-refractivity contribution in [1.82, 2.24) is 9.99 Å². The molecule has 0 spiro atoms. The number of thioether (sulfide) groups is 1. The third kappa shape index (κ3) is 5.49. The summed E-state index contributed by atoms with van der Waals surface area (Å²) >= 11 is 1.78. The van der Waals surface area contributed by atoms with Crippen molar-refractivity contribution >= 4 is 23.9 Å². The molecule has 1 amide bonds. The molecule has 0 saturated heterocycles. The van der Waals surface area contributed by atoms with Crippen LogP contribution in [-0.2, 0) is 5.75 Å². The van der Waals surface area contributed by atoms with E-state index in [1.807, 2.05) is 42.5 Å². The van der Waals surface area contributed by atoms with Gasteiger partial charge < -0.3 is 4.57 Å². The van der Waals surface area contributed by atoms with Crippen LogP contribution in [0.3, 0.4) is 0 Å². The molecule has 4 rings (SSSR count). The highest BCUT2D eigenvalue weighted by Gasteiger charge is 2.12. The fraction of sp³-hybridized carbons (Fsp3) is 0.172. The highest BCUT2D eigenvalue weighted by molar-refractivity contribution is 7.98.